The fraction of sp³-hybridized carbons (Fsp3) is 0.345. The Bertz CT molecular complexity index is 1460. The van der Waals surface area contributed by atoms with Crippen molar-refractivity contribution >= 4 is 33.5 Å². The Balaban J connectivity index is 0.000000782. The highest BCUT2D eigenvalue weighted by Gasteiger charge is 2.38. The summed E-state index contributed by atoms with van der Waals surface area (Å²) in [6, 6.07) is 17.8. The van der Waals surface area contributed by atoms with Gasteiger partial charge in [0.15, 0.2) is 0 Å². The van der Waals surface area contributed by atoms with Crippen molar-refractivity contribution in [2.75, 3.05) is 16.2 Å². The van der Waals surface area contributed by atoms with E-state index in [1.807, 2.05) is 35.2 Å². The van der Waals surface area contributed by atoms with E-state index in [1.54, 1.807) is 24.3 Å². The number of unbranched alkanes of at least 4 members (excludes halogenated alkanes) is 1. The summed E-state index contributed by atoms with van der Waals surface area (Å²) in [6.45, 7) is 9.35. The number of nitrogens with zero attached hydrogens (tertiary/aromatic N) is 2. The van der Waals surface area contributed by atoms with E-state index >= 15 is 0 Å². The Morgan fingerprint density at radius 3 is 2.02 bits per heavy atom. The zero-order chi connectivity index (χ0) is 31.7. The molecule has 2 aromatic carbocycles. The van der Waals surface area contributed by atoms with Crippen molar-refractivity contribution in [3.05, 3.63) is 83.6 Å². The molecule has 3 rings (SSSR count). The topological polar surface area (TPSA) is 137 Å². The molecule has 0 aliphatic heterocycles. The molecule has 0 atom stereocenters. The number of carbonyl (C=O) groups is 2. The largest absolute Gasteiger partial charge is 0.490 e. The van der Waals surface area contributed by atoms with Crippen molar-refractivity contribution in [1.82, 2.24) is 4.98 Å². The van der Waals surface area contributed by atoms with Gasteiger partial charge in [-0.25, -0.2) is 23.0 Å². The average Bonchev–Trinajstić information content (AvgIpc) is 2.91. The molecule has 0 aliphatic rings. The van der Waals surface area contributed by atoms with Crippen LogP contribution in [0.25, 0.3) is 0 Å². The Hall–Kier alpha value is -4.13. The summed E-state index contributed by atoms with van der Waals surface area (Å²) >= 11 is 0. The second-order valence-corrected chi connectivity index (χ2v) is 12.0. The second kappa shape index (κ2) is 14.2. The number of pyridine rings is 1. The molecule has 0 radical (unpaired) electrons. The Morgan fingerprint density at radius 1 is 0.976 bits per heavy atom. The standard InChI is InChI=1S/C27H33N3O4S.C2HF3O2/c1-5-6-16-30(19-20-10-8-7-9-11-20)25-24(26(31)32)17-22(18-28-25)29-35(33,34)23-14-12-21(13-15-23)27(2,3)4;3-2(4,5)1(6)7/h7-15,17-18,29H,5-6,16,19H2,1-4H3,(H,31,32);(H,6,7). The van der Waals surface area contributed by atoms with E-state index in [0.29, 0.717) is 18.9 Å². The summed E-state index contributed by atoms with van der Waals surface area (Å²) in [7, 11) is -3.91. The monoisotopic (exact) mass is 609 g/mol. The van der Waals surface area contributed by atoms with E-state index < -0.39 is 28.1 Å². The molecule has 0 amide bonds. The average molecular weight is 610 g/mol. The number of rotatable bonds is 10. The summed E-state index contributed by atoms with van der Waals surface area (Å²) in [5, 5.41) is 17.0. The first kappa shape index (κ1) is 34.1. The molecule has 13 heteroatoms. The molecule has 9 nitrogen and oxygen atoms in total. The number of sulfonamides is 1. The maximum atomic E-state index is 12.9. The van der Waals surface area contributed by atoms with Gasteiger partial charge in [-0.2, -0.15) is 13.2 Å². The third-order valence-corrected chi connectivity index (χ3v) is 7.32. The molecule has 1 heterocycles. The fourth-order valence-corrected chi connectivity index (χ4v) is 4.72. The predicted octanol–water partition coefficient (Wildman–Crippen LogP) is 6.32. The van der Waals surface area contributed by atoms with E-state index in [1.165, 1.54) is 12.3 Å². The Kier molecular flexibility index (Phi) is 11.5. The maximum Gasteiger partial charge on any atom is 0.490 e. The van der Waals surface area contributed by atoms with Crippen LogP contribution in [-0.2, 0) is 26.8 Å². The zero-order valence-corrected chi connectivity index (χ0v) is 24.5. The minimum absolute atomic E-state index is 0.0553. The lowest BCUT2D eigenvalue weighted by Crippen LogP contribution is -2.27. The predicted molar refractivity (Wildman–Crippen MR) is 153 cm³/mol. The quantitative estimate of drug-likeness (QED) is 0.243. The number of aromatic carboxylic acids is 1. The van der Waals surface area contributed by atoms with Crippen molar-refractivity contribution in [2.24, 2.45) is 0 Å². The van der Waals surface area contributed by atoms with Crippen molar-refractivity contribution in [3.63, 3.8) is 0 Å². The normalized spacial score (nSPS) is 11.7. The molecule has 0 fully saturated rings. The smallest absolute Gasteiger partial charge is 0.478 e. The summed E-state index contributed by atoms with van der Waals surface area (Å²) in [5.74, 6) is -3.61. The highest BCUT2D eigenvalue weighted by atomic mass is 32.2. The van der Waals surface area contributed by atoms with Crippen molar-refractivity contribution in [1.29, 1.82) is 0 Å². The van der Waals surface area contributed by atoms with Gasteiger partial charge in [-0.15, -0.1) is 0 Å². The van der Waals surface area contributed by atoms with E-state index in [4.69, 9.17) is 9.90 Å². The second-order valence-electron chi connectivity index (χ2n) is 10.3. The van der Waals surface area contributed by atoms with Gasteiger partial charge in [-0.1, -0.05) is 76.6 Å². The molecule has 0 saturated heterocycles. The van der Waals surface area contributed by atoms with E-state index in [0.717, 1.165) is 24.0 Å². The lowest BCUT2D eigenvalue weighted by Gasteiger charge is -2.25. The van der Waals surface area contributed by atoms with Crippen molar-refractivity contribution < 1.29 is 41.4 Å². The zero-order valence-electron chi connectivity index (χ0n) is 23.6. The van der Waals surface area contributed by atoms with Crippen LogP contribution in [0.2, 0.25) is 0 Å². The number of halogens is 3. The van der Waals surface area contributed by atoms with Crippen LogP contribution in [-0.4, -0.2) is 48.3 Å². The number of benzene rings is 2. The first-order valence-corrected chi connectivity index (χ1v) is 14.4. The van der Waals surface area contributed by atoms with Gasteiger partial charge in [0, 0.05) is 13.1 Å². The number of nitrogens with one attached hydrogen (secondary N) is 1. The van der Waals surface area contributed by atoms with Crippen LogP contribution in [0.4, 0.5) is 24.7 Å². The molecular weight excluding hydrogens is 575 g/mol. The SMILES string of the molecule is CCCCN(Cc1ccccc1)c1ncc(NS(=O)(=O)c2ccc(C(C)(C)C)cc2)cc1C(=O)O.O=C(O)C(F)(F)F. The fourth-order valence-electron chi connectivity index (χ4n) is 3.68. The molecule has 0 unspecified atom stereocenters. The summed E-state index contributed by atoms with van der Waals surface area (Å²) in [6.07, 6.45) is -1.90. The van der Waals surface area contributed by atoms with Crippen LogP contribution in [0, 0.1) is 0 Å². The number of carboxylic acids is 2. The number of alkyl halides is 3. The van der Waals surface area contributed by atoms with Crippen LogP contribution < -0.4 is 9.62 Å². The minimum atomic E-state index is -5.08. The van der Waals surface area contributed by atoms with Crippen LogP contribution in [0.1, 0.15) is 62.0 Å². The number of anilines is 2. The van der Waals surface area contributed by atoms with Crippen LogP contribution in [0.15, 0.2) is 71.8 Å². The molecule has 1 aromatic heterocycles. The number of aromatic nitrogens is 1. The van der Waals surface area contributed by atoms with Crippen LogP contribution in [0.3, 0.4) is 0 Å². The van der Waals surface area contributed by atoms with Crippen molar-refractivity contribution in [2.45, 2.75) is 63.6 Å². The highest BCUT2D eigenvalue weighted by molar-refractivity contribution is 7.92. The van der Waals surface area contributed by atoms with Gasteiger partial charge in [-0.3, -0.25) is 4.72 Å². The molecule has 0 bridgehead atoms. The Morgan fingerprint density at radius 2 is 1.55 bits per heavy atom. The summed E-state index contributed by atoms with van der Waals surface area (Å²) < 4.78 is 60.1. The molecule has 228 valence electrons. The van der Waals surface area contributed by atoms with Crippen LogP contribution in [0.5, 0.6) is 0 Å². The first-order valence-electron chi connectivity index (χ1n) is 12.9. The van der Waals surface area contributed by atoms with Gasteiger partial charge in [0.25, 0.3) is 10.0 Å². The minimum Gasteiger partial charge on any atom is -0.478 e. The number of hydrogen-bond acceptors (Lipinski definition) is 6. The van der Waals surface area contributed by atoms with Gasteiger partial charge in [0.2, 0.25) is 0 Å². The molecule has 0 saturated carbocycles. The van der Waals surface area contributed by atoms with Gasteiger partial charge in [0.05, 0.1) is 16.8 Å². The third-order valence-electron chi connectivity index (χ3n) is 5.92. The highest BCUT2D eigenvalue weighted by Crippen LogP contribution is 2.27. The van der Waals surface area contributed by atoms with Gasteiger partial charge in [0.1, 0.15) is 11.4 Å². The van der Waals surface area contributed by atoms with Gasteiger partial charge in [-0.05, 0) is 41.2 Å². The first-order chi connectivity index (χ1) is 19.5. The third kappa shape index (κ3) is 10.1. The number of aliphatic carboxylic acids is 1. The number of hydrogen-bond donors (Lipinski definition) is 3. The van der Waals surface area contributed by atoms with E-state index in [9.17, 15) is 31.5 Å². The van der Waals surface area contributed by atoms with E-state index in [2.05, 4.69) is 37.4 Å². The lowest BCUT2D eigenvalue weighted by atomic mass is 9.87. The van der Waals surface area contributed by atoms with E-state index in [-0.39, 0.29) is 21.6 Å². The lowest BCUT2D eigenvalue weighted by molar-refractivity contribution is -0.192. The number of carboxylic acid groups (broad SMARTS) is 2. The molecule has 0 aliphatic carbocycles. The maximum absolute atomic E-state index is 12.9. The molecule has 3 N–H and O–H groups in total. The molecule has 0 spiro atoms. The molecule has 42 heavy (non-hydrogen) atoms. The van der Waals surface area contributed by atoms with Crippen LogP contribution >= 0.6 is 0 Å². The van der Waals surface area contributed by atoms with Gasteiger partial charge < -0.3 is 15.1 Å². The van der Waals surface area contributed by atoms with Gasteiger partial charge >= 0.3 is 18.1 Å². The van der Waals surface area contributed by atoms with Crippen molar-refractivity contribution in [3.8, 4) is 0 Å². The molecule has 3 aromatic rings. The Labute approximate surface area is 243 Å². The summed E-state index contributed by atoms with van der Waals surface area (Å²) in [4.78, 5) is 27.4. The summed E-state index contributed by atoms with van der Waals surface area (Å²) in [5.41, 5.74) is 1.99. The molecular formula is C29H34F3N3O6S.